The van der Waals surface area contributed by atoms with Crippen LogP contribution in [0.3, 0.4) is 0 Å². The number of nitrogens with one attached hydrogen (secondary N) is 1. The summed E-state index contributed by atoms with van der Waals surface area (Å²) >= 11 is 17.5. The third-order valence-corrected chi connectivity index (χ3v) is 4.04. The van der Waals surface area contributed by atoms with Gasteiger partial charge in [-0.05, 0) is 12.3 Å². The summed E-state index contributed by atoms with van der Waals surface area (Å²) in [6, 6.07) is 0. The van der Waals surface area contributed by atoms with Gasteiger partial charge in [-0.25, -0.2) is 4.98 Å². The lowest BCUT2D eigenvalue weighted by Crippen LogP contribution is -2.30. The van der Waals surface area contributed by atoms with Crippen LogP contribution in [0, 0.1) is 5.92 Å². The molecule has 1 heterocycles. The van der Waals surface area contributed by atoms with Gasteiger partial charge in [-0.15, -0.1) is 0 Å². The number of carbonyl (C=O) groups is 1. The van der Waals surface area contributed by atoms with Crippen LogP contribution in [0.25, 0.3) is 0 Å². The van der Waals surface area contributed by atoms with E-state index in [1.54, 1.807) is 0 Å². The summed E-state index contributed by atoms with van der Waals surface area (Å²) in [5.74, 6) is -0.185. The Hall–Kier alpha value is -0.550. The molecular weight excluding hydrogens is 311 g/mol. The molecule has 0 saturated carbocycles. The number of carbonyl (C=O) groups excluding carboxylic acids is 1. The van der Waals surface area contributed by atoms with E-state index in [2.05, 4.69) is 10.3 Å². The van der Waals surface area contributed by atoms with Crippen molar-refractivity contribution in [3.05, 3.63) is 27.0 Å². The summed E-state index contributed by atoms with van der Waals surface area (Å²) in [6.07, 6.45) is 2.79. The molecule has 2 N–H and O–H groups in total. The van der Waals surface area contributed by atoms with Crippen LogP contribution in [0.4, 0.5) is 0 Å². The van der Waals surface area contributed by atoms with Crippen molar-refractivity contribution < 1.29 is 9.90 Å². The molecular formula is C12H15Cl3N2O2. The third-order valence-electron chi connectivity index (χ3n) is 2.80. The highest BCUT2D eigenvalue weighted by molar-refractivity contribution is 6.48. The lowest BCUT2D eigenvalue weighted by molar-refractivity contribution is 0.0938. The van der Waals surface area contributed by atoms with Crippen molar-refractivity contribution in [1.82, 2.24) is 10.3 Å². The van der Waals surface area contributed by atoms with E-state index in [9.17, 15) is 4.79 Å². The fraction of sp³-hybridized carbons (Fsp3) is 0.500. The maximum Gasteiger partial charge on any atom is 0.271 e. The number of amides is 1. The second-order valence-corrected chi connectivity index (χ2v) is 5.24. The molecule has 1 rings (SSSR count). The van der Waals surface area contributed by atoms with Crippen LogP contribution in [0.2, 0.25) is 15.1 Å². The van der Waals surface area contributed by atoms with Crippen molar-refractivity contribution in [2.75, 3.05) is 13.2 Å². The van der Waals surface area contributed by atoms with E-state index in [0.29, 0.717) is 13.0 Å². The van der Waals surface area contributed by atoms with Crippen molar-refractivity contribution in [3.63, 3.8) is 0 Å². The van der Waals surface area contributed by atoms with E-state index in [1.165, 1.54) is 6.20 Å². The summed E-state index contributed by atoms with van der Waals surface area (Å²) in [4.78, 5) is 15.8. The fourth-order valence-electron chi connectivity index (χ4n) is 1.56. The van der Waals surface area contributed by atoms with Crippen molar-refractivity contribution in [2.24, 2.45) is 5.92 Å². The highest BCUT2D eigenvalue weighted by Gasteiger charge is 2.17. The molecule has 1 aromatic rings. The SMILES string of the molecule is CCC(CCO)CNC(=O)c1ncc(Cl)c(Cl)c1Cl. The summed E-state index contributed by atoms with van der Waals surface area (Å²) in [5.41, 5.74) is 0.0509. The Bertz CT molecular complexity index is 455. The lowest BCUT2D eigenvalue weighted by atomic mass is 10.0. The Kier molecular flexibility index (Phi) is 6.86. The van der Waals surface area contributed by atoms with Gasteiger partial charge < -0.3 is 10.4 Å². The van der Waals surface area contributed by atoms with E-state index in [1.807, 2.05) is 6.92 Å². The minimum Gasteiger partial charge on any atom is -0.396 e. The van der Waals surface area contributed by atoms with Gasteiger partial charge in [0.05, 0.1) is 15.1 Å². The van der Waals surface area contributed by atoms with Gasteiger partial charge in [0.25, 0.3) is 5.91 Å². The summed E-state index contributed by atoms with van der Waals surface area (Å²) in [7, 11) is 0. The van der Waals surface area contributed by atoms with Gasteiger partial charge in [0, 0.05) is 19.3 Å². The molecule has 0 saturated heterocycles. The molecule has 1 amide bonds. The quantitative estimate of drug-likeness (QED) is 0.844. The molecule has 1 atom stereocenters. The largest absolute Gasteiger partial charge is 0.396 e. The zero-order valence-electron chi connectivity index (χ0n) is 10.4. The Balaban J connectivity index is 2.71. The average molecular weight is 326 g/mol. The molecule has 0 aliphatic carbocycles. The number of hydrogen-bond donors (Lipinski definition) is 2. The highest BCUT2D eigenvalue weighted by atomic mass is 35.5. The first kappa shape index (κ1) is 16.5. The maximum atomic E-state index is 11.9. The van der Waals surface area contributed by atoms with Gasteiger partial charge >= 0.3 is 0 Å². The van der Waals surface area contributed by atoms with Gasteiger partial charge in [-0.3, -0.25) is 4.79 Å². The molecule has 7 heteroatoms. The number of aliphatic hydroxyl groups excluding tert-OH is 1. The van der Waals surface area contributed by atoms with Crippen LogP contribution in [0.5, 0.6) is 0 Å². The zero-order valence-corrected chi connectivity index (χ0v) is 12.7. The van der Waals surface area contributed by atoms with Gasteiger partial charge in [-0.1, -0.05) is 48.1 Å². The van der Waals surface area contributed by atoms with Crippen LogP contribution >= 0.6 is 34.8 Å². The molecule has 0 aliphatic heterocycles. The number of aromatic nitrogens is 1. The molecule has 0 aliphatic rings. The average Bonchev–Trinajstić information content (AvgIpc) is 2.40. The Morgan fingerprint density at radius 2 is 2.11 bits per heavy atom. The Morgan fingerprint density at radius 1 is 1.42 bits per heavy atom. The van der Waals surface area contributed by atoms with Crippen molar-refractivity contribution in [1.29, 1.82) is 0 Å². The number of hydrogen-bond acceptors (Lipinski definition) is 3. The molecule has 1 aromatic heterocycles. The maximum absolute atomic E-state index is 11.9. The van der Waals surface area contributed by atoms with Crippen LogP contribution < -0.4 is 5.32 Å². The minimum atomic E-state index is -0.403. The topological polar surface area (TPSA) is 62.2 Å². The van der Waals surface area contributed by atoms with Crippen molar-refractivity contribution in [2.45, 2.75) is 19.8 Å². The molecule has 0 fully saturated rings. The molecule has 0 radical (unpaired) electrons. The first-order valence-corrected chi connectivity index (χ1v) is 7.03. The Labute approximate surface area is 127 Å². The van der Waals surface area contributed by atoms with Gasteiger partial charge in [-0.2, -0.15) is 0 Å². The minimum absolute atomic E-state index is 0.0434. The molecule has 4 nitrogen and oxygen atoms in total. The molecule has 0 bridgehead atoms. The number of halogens is 3. The Morgan fingerprint density at radius 3 is 2.68 bits per heavy atom. The molecule has 106 valence electrons. The predicted molar refractivity (Wildman–Crippen MR) is 77.1 cm³/mol. The fourth-order valence-corrected chi connectivity index (χ4v) is 2.12. The van der Waals surface area contributed by atoms with Gasteiger partial charge in [0.2, 0.25) is 0 Å². The molecule has 1 unspecified atom stereocenters. The first-order chi connectivity index (χ1) is 9.01. The summed E-state index contributed by atoms with van der Waals surface area (Å²) in [5, 5.41) is 12.0. The van der Waals surface area contributed by atoms with Crippen LogP contribution in [-0.4, -0.2) is 29.1 Å². The molecule has 19 heavy (non-hydrogen) atoms. The second-order valence-electron chi connectivity index (χ2n) is 4.08. The second kappa shape index (κ2) is 7.90. The number of rotatable bonds is 6. The van der Waals surface area contributed by atoms with Crippen LogP contribution in [0.15, 0.2) is 6.20 Å². The smallest absolute Gasteiger partial charge is 0.271 e. The van der Waals surface area contributed by atoms with E-state index in [0.717, 1.165) is 6.42 Å². The third kappa shape index (κ3) is 4.49. The summed E-state index contributed by atoms with van der Waals surface area (Å²) < 4.78 is 0. The number of nitrogens with zero attached hydrogens (tertiary/aromatic N) is 1. The van der Waals surface area contributed by atoms with Crippen molar-refractivity contribution >= 4 is 40.7 Å². The first-order valence-electron chi connectivity index (χ1n) is 5.89. The standard InChI is InChI=1S/C12H15Cl3N2O2/c1-2-7(3-4-18)5-17-12(19)11-10(15)9(14)8(13)6-16-11/h6-7,18H,2-5H2,1H3,(H,17,19). The van der Waals surface area contributed by atoms with E-state index >= 15 is 0 Å². The monoisotopic (exact) mass is 324 g/mol. The van der Waals surface area contributed by atoms with Crippen LogP contribution in [0.1, 0.15) is 30.3 Å². The van der Waals surface area contributed by atoms with Crippen LogP contribution in [-0.2, 0) is 0 Å². The molecule has 0 spiro atoms. The number of pyridine rings is 1. The zero-order chi connectivity index (χ0) is 14.4. The predicted octanol–water partition coefficient (Wildman–Crippen LogP) is 3.18. The van der Waals surface area contributed by atoms with E-state index in [-0.39, 0.29) is 33.3 Å². The summed E-state index contributed by atoms with van der Waals surface area (Å²) in [6.45, 7) is 2.55. The normalized spacial score (nSPS) is 12.3. The van der Waals surface area contributed by atoms with E-state index in [4.69, 9.17) is 39.9 Å². The van der Waals surface area contributed by atoms with Gasteiger partial charge in [0.1, 0.15) is 5.69 Å². The number of aliphatic hydroxyl groups is 1. The van der Waals surface area contributed by atoms with Crippen molar-refractivity contribution in [3.8, 4) is 0 Å². The molecule has 0 aromatic carbocycles. The van der Waals surface area contributed by atoms with Gasteiger partial charge in [0.15, 0.2) is 0 Å². The highest BCUT2D eigenvalue weighted by Crippen LogP contribution is 2.30. The van der Waals surface area contributed by atoms with E-state index < -0.39 is 5.91 Å². The lowest BCUT2D eigenvalue weighted by Gasteiger charge is -2.14.